The molecule has 1 aromatic heterocycles. The Morgan fingerprint density at radius 1 is 1.24 bits per heavy atom. The number of anilines is 1. The van der Waals surface area contributed by atoms with Crippen molar-refractivity contribution in [1.29, 1.82) is 0 Å². The molecule has 0 unspecified atom stereocenters. The molecule has 108 valence electrons. The number of rotatable bonds is 5. The van der Waals surface area contributed by atoms with Crippen molar-refractivity contribution >= 4 is 46.4 Å². The molecule has 0 bridgehead atoms. The summed E-state index contributed by atoms with van der Waals surface area (Å²) in [5.41, 5.74) is 1.19. The van der Waals surface area contributed by atoms with Gasteiger partial charge in [-0.05, 0) is 54.8 Å². The smallest absolute Gasteiger partial charge is 0.242 e. The topological polar surface area (TPSA) is 46.2 Å². The van der Waals surface area contributed by atoms with Crippen molar-refractivity contribution in [3.8, 4) is 0 Å². The van der Waals surface area contributed by atoms with Gasteiger partial charge >= 0.3 is 0 Å². The second-order valence-corrected chi connectivity index (χ2v) is 6.03. The quantitative estimate of drug-likeness (QED) is 0.510. The fourth-order valence-electron chi connectivity index (χ4n) is 1.60. The van der Waals surface area contributed by atoms with Crippen molar-refractivity contribution in [2.75, 3.05) is 5.32 Å². The summed E-state index contributed by atoms with van der Waals surface area (Å²) in [6.45, 7) is 1.60. The first-order valence-corrected chi connectivity index (χ1v) is 7.69. The molecule has 2 aromatic rings. The number of nitrogens with one attached hydrogen (secondary N) is 1. The predicted octanol–water partition coefficient (Wildman–Crippen LogP) is 4.21. The van der Waals surface area contributed by atoms with Gasteiger partial charge in [-0.15, -0.1) is 22.9 Å². The van der Waals surface area contributed by atoms with Crippen LogP contribution in [0, 0.1) is 0 Å². The molecule has 1 heterocycles. The summed E-state index contributed by atoms with van der Waals surface area (Å²) in [5, 5.41) is 4.02. The van der Waals surface area contributed by atoms with Crippen LogP contribution < -0.4 is 5.32 Å². The lowest BCUT2D eigenvalue weighted by atomic mass is 10.1. The molecule has 1 amide bonds. The van der Waals surface area contributed by atoms with Gasteiger partial charge in [0.1, 0.15) is 5.38 Å². The van der Waals surface area contributed by atoms with Gasteiger partial charge < -0.3 is 5.32 Å². The molecule has 0 saturated heterocycles. The Hall–Kier alpha value is -1.91. The molecule has 0 aliphatic heterocycles. The van der Waals surface area contributed by atoms with E-state index in [0.29, 0.717) is 11.3 Å². The van der Waals surface area contributed by atoms with Crippen molar-refractivity contribution in [3.63, 3.8) is 0 Å². The third-order valence-corrected chi connectivity index (χ3v) is 3.78. The molecule has 0 spiro atoms. The number of amides is 1. The number of hydrogen-bond acceptors (Lipinski definition) is 3. The Morgan fingerprint density at radius 2 is 1.95 bits per heavy atom. The van der Waals surface area contributed by atoms with Crippen LogP contribution in [-0.2, 0) is 4.79 Å². The van der Waals surface area contributed by atoms with Gasteiger partial charge in [0, 0.05) is 16.1 Å². The lowest BCUT2D eigenvalue weighted by Gasteiger charge is -2.06. The minimum atomic E-state index is -0.597. The molecular weight excluding hydrogens is 306 g/mol. The van der Waals surface area contributed by atoms with E-state index in [4.69, 9.17) is 11.6 Å². The van der Waals surface area contributed by atoms with Crippen LogP contribution in [0.1, 0.15) is 22.2 Å². The number of allylic oxidation sites excluding steroid dienone is 1. The van der Waals surface area contributed by atoms with Crippen LogP contribution in [0.15, 0.2) is 47.9 Å². The average Bonchev–Trinajstić information content (AvgIpc) is 2.98. The summed E-state index contributed by atoms with van der Waals surface area (Å²) in [6.07, 6.45) is 3.33. The van der Waals surface area contributed by atoms with E-state index in [-0.39, 0.29) is 11.7 Å². The normalized spacial score (nSPS) is 12.3. The highest BCUT2D eigenvalue weighted by atomic mass is 35.5. The molecule has 0 aliphatic carbocycles. The lowest BCUT2D eigenvalue weighted by Crippen LogP contribution is -2.20. The fourth-order valence-corrected chi connectivity index (χ4v) is 2.27. The molecule has 0 radical (unpaired) electrons. The minimum absolute atomic E-state index is 0.0769. The van der Waals surface area contributed by atoms with Crippen LogP contribution in [-0.4, -0.2) is 17.1 Å². The van der Waals surface area contributed by atoms with Gasteiger partial charge in [0.2, 0.25) is 5.91 Å². The zero-order valence-corrected chi connectivity index (χ0v) is 12.9. The van der Waals surface area contributed by atoms with Crippen molar-refractivity contribution < 1.29 is 9.59 Å². The zero-order chi connectivity index (χ0) is 15.2. The number of carbonyl (C=O) groups is 2. The summed E-state index contributed by atoms with van der Waals surface area (Å²) in [4.78, 5) is 24.5. The second-order valence-electron chi connectivity index (χ2n) is 4.40. The maximum absolute atomic E-state index is 12.0. The van der Waals surface area contributed by atoms with Crippen LogP contribution in [0.4, 0.5) is 5.69 Å². The number of hydrogen-bond donors (Lipinski definition) is 1. The van der Waals surface area contributed by atoms with Crippen LogP contribution in [0.2, 0.25) is 0 Å². The molecule has 3 nitrogen and oxygen atoms in total. The molecule has 0 fully saturated rings. The first-order chi connectivity index (χ1) is 10.1. The monoisotopic (exact) mass is 319 g/mol. The van der Waals surface area contributed by atoms with Gasteiger partial charge in [0.15, 0.2) is 5.78 Å². The molecule has 1 aromatic carbocycles. The number of benzene rings is 1. The van der Waals surface area contributed by atoms with E-state index >= 15 is 0 Å². The lowest BCUT2D eigenvalue weighted by molar-refractivity contribution is -0.115. The van der Waals surface area contributed by atoms with E-state index in [1.807, 2.05) is 17.5 Å². The summed E-state index contributed by atoms with van der Waals surface area (Å²) >= 11 is 7.25. The van der Waals surface area contributed by atoms with Gasteiger partial charge in [-0.1, -0.05) is 6.07 Å². The maximum Gasteiger partial charge on any atom is 0.242 e. The number of thiophene rings is 1. The van der Waals surface area contributed by atoms with E-state index in [9.17, 15) is 9.59 Å². The standard InChI is InChI=1S/C16H14ClNO2S/c1-11(17)16(20)18-13-6-4-12(5-7-13)15(19)9-8-14-3-2-10-21-14/h2-11H,1H3,(H,18,20)/b9-8+/t11-/m0/s1. The largest absolute Gasteiger partial charge is 0.325 e. The van der Waals surface area contributed by atoms with Gasteiger partial charge in [-0.2, -0.15) is 0 Å². The highest BCUT2D eigenvalue weighted by Crippen LogP contribution is 2.14. The van der Waals surface area contributed by atoms with E-state index < -0.39 is 5.38 Å². The molecule has 21 heavy (non-hydrogen) atoms. The molecule has 1 N–H and O–H groups in total. The number of halogens is 1. The third kappa shape index (κ3) is 4.55. The molecule has 5 heteroatoms. The van der Waals surface area contributed by atoms with Gasteiger partial charge in [-0.25, -0.2) is 0 Å². The van der Waals surface area contributed by atoms with Crippen molar-refractivity contribution in [2.45, 2.75) is 12.3 Å². The van der Waals surface area contributed by atoms with Crippen molar-refractivity contribution in [1.82, 2.24) is 0 Å². The zero-order valence-electron chi connectivity index (χ0n) is 11.4. The summed E-state index contributed by atoms with van der Waals surface area (Å²) in [5.74, 6) is -0.347. The SMILES string of the molecule is C[C@H](Cl)C(=O)Nc1ccc(C(=O)/C=C/c2cccs2)cc1. The average molecular weight is 320 g/mol. The number of alkyl halides is 1. The fraction of sp³-hybridized carbons (Fsp3) is 0.125. The van der Waals surface area contributed by atoms with Gasteiger partial charge in [0.05, 0.1) is 0 Å². The molecule has 2 rings (SSSR count). The Labute approximate surface area is 132 Å². The first kappa shape index (κ1) is 15.5. The van der Waals surface area contributed by atoms with Crippen LogP contribution in [0.3, 0.4) is 0 Å². The molecule has 0 aliphatic rings. The Morgan fingerprint density at radius 3 is 2.52 bits per heavy atom. The maximum atomic E-state index is 12.0. The summed E-state index contributed by atoms with van der Waals surface area (Å²) < 4.78 is 0. The van der Waals surface area contributed by atoms with E-state index in [1.165, 1.54) is 0 Å². The van der Waals surface area contributed by atoms with E-state index in [1.54, 1.807) is 54.7 Å². The highest BCUT2D eigenvalue weighted by Gasteiger charge is 2.09. The van der Waals surface area contributed by atoms with Crippen LogP contribution >= 0.6 is 22.9 Å². The van der Waals surface area contributed by atoms with Crippen LogP contribution in [0.5, 0.6) is 0 Å². The summed E-state index contributed by atoms with van der Waals surface area (Å²) in [6, 6.07) is 10.6. The van der Waals surface area contributed by atoms with Gasteiger partial charge in [-0.3, -0.25) is 9.59 Å². The van der Waals surface area contributed by atoms with Crippen molar-refractivity contribution in [3.05, 3.63) is 58.3 Å². The number of ketones is 1. The molecular formula is C16H14ClNO2S. The molecule has 1 atom stereocenters. The van der Waals surface area contributed by atoms with Gasteiger partial charge in [0.25, 0.3) is 0 Å². The first-order valence-electron chi connectivity index (χ1n) is 6.37. The van der Waals surface area contributed by atoms with E-state index in [2.05, 4.69) is 5.32 Å². The van der Waals surface area contributed by atoms with Crippen molar-refractivity contribution in [2.24, 2.45) is 0 Å². The van der Waals surface area contributed by atoms with Crippen LogP contribution in [0.25, 0.3) is 6.08 Å². The Balaban J connectivity index is 2.01. The third-order valence-electron chi connectivity index (χ3n) is 2.74. The Bertz CT molecular complexity index is 645. The second kappa shape index (κ2) is 7.20. The Kier molecular flexibility index (Phi) is 5.31. The summed E-state index contributed by atoms with van der Waals surface area (Å²) in [7, 11) is 0. The van der Waals surface area contributed by atoms with E-state index in [0.717, 1.165) is 4.88 Å². The number of carbonyl (C=O) groups excluding carboxylic acids is 2. The predicted molar refractivity (Wildman–Crippen MR) is 88.1 cm³/mol. The highest BCUT2D eigenvalue weighted by molar-refractivity contribution is 7.10. The minimum Gasteiger partial charge on any atom is -0.325 e. The molecule has 0 saturated carbocycles.